The third-order valence-electron chi connectivity index (χ3n) is 4.56. The number of H-pyrrole nitrogens is 1. The number of aryl methyl sites for hydroxylation is 1. The summed E-state index contributed by atoms with van der Waals surface area (Å²) in [5.74, 6) is 0.580. The summed E-state index contributed by atoms with van der Waals surface area (Å²) in [6.07, 6.45) is 1.75. The topological polar surface area (TPSA) is 75.8 Å². The SMILES string of the molecule is CCn1c(CN(C)C)cc2c(N)nc3cc(-c4ccn[nH]4)ccc3c21. The van der Waals surface area contributed by atoms with Crippen LogP contribution >= 0.6 is 0 Å². The smallest absolute Gasteiger partial charge is 0.133 e. The number of pyridine rings is 1. The van der Waals surface area contributed by atoms with Gasteiger partial charge in [-0.25, -0.2) is 4.98 Å². The number of fused-ring (bicyclic) bond motifs is 3. The van der Waals surface area contributed by atoms with Crippen LogP contribution in [0.1, 0.15) is 12.6 Å². The van der Waals surface area contributed by atoms with Gasteiger partial charge in [-0.05, 0) is 39.2 Å². The lowest BCUT2D eigenvalue weighted by Gasteiger charge is -2.13. The number of benzene rings is 1. The maximum atomic E-state index is 6.30. The van der Waals surface area contributed by atoms with Gasteiger partial charge in [0.1, 0.15) is 5.82 Å². The van der Waals surface area contributed by atoms with Crippen molar-refractivity contribution in [2.45, 2.75) is 20.0 Å². The molecule has 0 radical (unpaired) electrons. The molecule has 0 aliphatic carbocycles. The molecule has 0 atom stereocenters. The van der Waals surface area contributed by atoms with Crippen LogP contribution in [0.4, 0.5) is 5.82 Å². The first-order valence-corrected chi connectivity index (χ1v) is 8.44. The van der Waals surface area contributed by atoms with E-state index in [1.165, 1.54) is 5.69 Å². The summed E-state index contributed by atoms with van der Waals surface area (Å²) >= 11 is 0. The number of nitrogens with one attached hydrogen (secondary N) is 1. The summed E-state index contributed by atoms with van der Waals surface area (Å²) in [6.45, 7) is 3.93. The molecular formula is C19H22N6. The maximum absolute atomic E-state index is 6.30. The van der Waals surface area contributed by atoms with E-state index in [1.807, 2.05) is 6.07 Å². The first kappa shape index (κ1) is 15.7. The van der Waals surface area contributed by atoms with E-state index in [0.717, 1.165) is 46.2 Å². The number of rotatable bonds is 4. The predicted octanol–water partition coefficient (Wildman–Crippen LogP) is 3.24. The van der Waals surface area contributed by atoms with Gasteiger partial charge in [-0.1, -0.05) is 12.1 Å². The van der Waals surface area contributed by atoms with E-state index < -0.39 is 0 Å². The van der Waals surface area contributed by atoms with Crippen LogP contribution in [0.3, 0.4) is 0 Å². The van der Waals surface area contributed by atoms with Crippen molar-refractivity contribution in [1.29, 1.82) is 0 Å². The molecule has 1 aromatic carbocycles. The number of nitrogens with two attached hydrogens (primary N) is 1. The summed E-state index contributed by atoms with van der Waals surface area (Å²) in [5.41, 5.74) is 11.6. The van der Waals surface area contributed by atoms with Gasteiger partial charge in [-0.3, -0.25) is 5.10 Å². The lowest BCUT2D eigenvalue weighted by atomic mass is 10.1. The van der Waals surface area contributed by atoms with E-state index in [1.54, 1.807) is 6.20 Å². The summed E-state index contributed by atoms with van der Waals surface area (Å²) < 4.78 is 2.34. The molecule has 0 saturated heterocycles. The van der Waals surface area contributed by atoms with Crippen LogP contribution < -0.4 is 5.73 Å². The lowest BCUT2D eigenvalue weighted by Crippen LogP contribution is -2.14. The summed E-state index contributed by atoms with van der Waals surface area (Å²) in [6, 6.07) is 10.4. The zero-order valence-corrected chi connectivity index (χ0v) is 14.7. The van der Waals surface area contributed by atoms with Gasteiger partial charge in [0, 0.05) is 41.3 Å². The second kappa shape index (κ2) is 5.89. The van der Waals surface area contributed by atoms with Crippen molar-refractivity contribution < 1.29 is 0 Å². The molecule has 0 amide bonds. The van der Waals surface area contributed by atoms with E-state index in [2.05, 4.69) is 69.9 Å². The number of aromatic amines is 1. The Morgan fingerprint density at radius 3 is 2.68 bits per heavy atom. The number of hydrogen-bond donors (Lipinski definition) is 2. The second-order valence-corrected chi connectivity index (χ2v) is 6.58. The first-order valence-electron chi connectivity index (χ1n) is 8.44. The minimum atomic E-state index is 0.580. The Morgan fingerprint density at radius 1 is 1.16 bits per heavy atom. The van der Waals surface area contributed by atoms with Crippen molar-refractivity contribution in [2.24, 2.45) is 0 Å². The second-order valence-electron chi connectivity index (χ2n) is 6.58. The average Bonchev–Trinajstić information content (AvgIpc) is 3.21. The number of anilines is 1. The Bertz CT molecular complexity index is 1040. The van der Waals surface area contributed by atoms with E-state index in [4.69, 9.17) is 5.73 Å². The van der Waals surface area contributed by atoms with Crippen LogP contribution in [0.25, 0.3) is 33.1 Å². The number of aromatic nitrogens is 4. The average molecular weight is 334 g/mol. The highest BCUT2D eigenvalue weighted by molar-refractivity contribution is 6.09. The molecule has 6 heteroatoms. The minimum Gasteiger partial charge on any atom is -0.383 e. The molecule has 0 spiro atoms. The highest BCUT2D eigenvalue weighted by Gasteiger charge is 2.15. The van der Waals surface area contributed by atoms with Crippen molar-refractivity contribution in [2.75, 3.05) is 19.8 Å². The normalized spacial score (nSPS) is 11.8. The third-order valence-corrected chi connectivity index (χ3v) is 4.56. The summed E-state index contributed by atoms with van der Waals surface area (Å²) in [7, 11) is 4.15. The fourth-order valence-corrected chi connectivity index (χ4v) is 3.50. The maximum Gasteiger partial charge on any atom is 0.133 e. The van der Waals surface area contributed by atoms with Gasteiger partial charge >= 0.3 is 0 Å². The number of hydrogen-bond acceptors (Lipinski definition) is 4. The van der Waals surface area contributed by atoms with Gasteiger partial charge in [-0.15, -0.1) is 0 Å². The van der Waals surface area contributed by atoms with Gasteiger partial charge in [0.25, 0.3) is 0 Å². The highest BCUT2D eigenvalue weighted by Crippen LogP contribution is 2.33. The largest absolute Gasteiger partial charge is 0.383 e. The molecule has 6 nitrogen and oxygen atoms in total. The molecule has 0 aliphatic rings. The Balaban J connectivity index is 2.00. The van der Waals surface area contributed by atoms with Crippen LogP contribution in [-0.4, -0.2) is 38.7 Å². The molecular weight excluding hydrogens is 312 g/mol. The molecule has 0 fully saturated rings. The molecule has 3 N–H and O–H groups in total. The number of nitrogen functional groups attached to an aromatic ring is 1. The Labute approximate surface area is 146 Å². The summed E-state index contributed by atoms with van der Waals surface area (Å²) in [4.78, 5) is 6.83. The van der Waals surface area contributed by atoms with Crippen LogP contribution in [0.15, 0.2) is 36.5 Å². The van der Waals surface area contributed by atoms with Crippen molar-refractivity contribution in [3.63, 3.8) is 0 Å². The molecule has 3 aromatic heterocycles. The Hall–Kier alpha value is -2.86. The van der Waals surface area contributed by atoms with Crippen molar-refractivity contribution in [3.05, 3.63) is 42.2 Å². The summed E-state index contributed by atoms with van der Waals surface area (Å²) in [5, 5.41) is 9.18. The van der Waals surface area contributed by atoms with Crippen LogP contribution in [0, 0.1) is 0 Å². The van der Waals surface area contributed by atoms with Gasteiger partial charge < -0.3 is 15.2 Å². The van der Waals surface area contributed by atoms with Gasteiger partial charge in [0.05, 0.1) is 16.7 Å². The van der Waals surface area contributed by atoms with Crippen LogP contribution in [0.2, 0.25) is 0 Å². The molecule has 4 aromatic rings. The monoisotopic (exact) mass is 334 g/mol. The standard InChI is InChI=1S/C19H22N6/c1-4-25-13(11-24(2)3)10-15-18(25)14-6-5-12(16-7-8-21-23-16)9-17(14)22-19(15)20/h5-10H,4,11H2,1-3H3,(H2,20,22)(H,21,23). The Morgan fingerprint density at radius 2 is 2.00 bits per heavy atom. The minimum absolute atomic E-state index is 0.580. The lowest BCUT2D eigenvalue weighted by molar-refractivity contribution is 0.389. The quantitative estimate of drug-likeness (QED) is 0.601. The van der Waals surface area contributed by atoms with E-state index in [0.29, 0.717) is 5.82 Å². The van der Waals surface area contributed by atoms with Gasteiger partial charge in [0.15, 0.2) is 0 Å². The van der Waals surface area contributed by atoms with Crippen LogP contribution in [0.5, 0.6) is 0 Å². The van der Waals surface area contributed by atoms with Crippen molar-refractivity contribution >= 4 is 27.6 Å². The third kappa shape index (κ3) is 2.55. The van der Waals surface area contributed by atoms with E-state index in [9.17, 15) is 0 Å². The zero-order chi connectivity index (χ0) is 17.6. The zero-order valence-electron chi connectivity index (χ0n) is 14.7. The van der Waals surface area contributed by atoms with Crippen molar-refractivity contribution in [3.8, 4) is 11.3 Å². The van der Waals surface area contributed by atoms with E-state index >= 15 is 0 Å². The first-order chi connectivity index (χ1) is 12.1. The highest BCUT2D eigenvalue weighted by atomic mass is 15.1. The van der Waals surface area contributed by atoms with Gasteiger partial charge in [0.2, 0.25) is 0 Å². The molecule has 0 aliphatic heterocycles. The molecule has 3 heterocycles. The molecule has 25 heavy (non-hydrogen) atoms. The fraction of sp³-hybridized carbons (Fsp3) is 0.263. The predicted molar refractivity (Wildman–Crippen MR) is 102 cm³/mol. The Kier molecular flexibility index (Phi) is 3.69. The number of nitrogens with zero attached hydrogens (tertiary/aromatic N) is 4. The van der Waals surface area contributed by atoms with Crippen LogP contribution in [-0.2, 0) is 13.1 Å². The molecule has 128 valence electrons. The molecule has 0 bridgehead atoms. The molecule has 0 unspecified atom stereocenters. The fourth-order valence-electron chi connectivity index (χ4n) is 3.50. The van der Waals surface area contributed by atoms with Gasteiger partial charge in [-0.2, -0.15) is 5.10 Å². The van der Waals surface area contributed by atoms with Crippen molar-refractivity contribution in [1.82, 2.24) is 24.6 Å². The van der Waals surface area contributed by atoms with E-state index in [-0.39, 0.29) is 0 Å². The molecule has 4 rings (SSSR count). The molecule has 0 saturated carbocycles.